The van der Waals surface area contributed by atoms with Crippen molar-refractivity contribution in [2.24, 2.45) is 0 Å². The molecular weight excluding hydrogens is 404 g/mol. The number of hydrogen-bond acceptors (Lipinski definition) is 6. The lowest BCUT2D eigenvalue weighted by molar-refractivity contribution is -0.116. The number of benzene rings is 2. The minimum absolute atomic E-state index is 0.0645. The molecule has 4 rings (SSSR count). The van der Waals surface area contributed by atoms with E-state index in [4.69, 9.17) is 16.1 Å². The summed E-state index contributed by atoms with van der Waals surface area (Å²) in [4.78, 5) is 20.6. The van der Waals surface area contributed by atoms with Gasteiger partial charge in [0.15, 0.2) is 0 Å². The van der Waals surface area contributed by atoms with Crippen LogP contribution in [-0.4, -0.2) is 30.8 Å². The van der Waals surface area contributed by atoms with E-state index in [9.17, 15) is 4.79 Å². The number of aromatic nitrogens is 5. The van der Waals surface area contributed by atoms with Gasteiger partial charge >= 0.3 is 0 Å². The summed E-state index contributed by atoms with van der Waals surface area (Å²) in [5, 5.41) is 11.6. The van der Waals surface area contributed by atoms with Crippen LogP contribution in [0.5, 0.6) is 0 Å². The first kappa shape index (κ1) is 19.8. The molecule has 0 spiro atoms. The number of carbonyl (C=O) groups excluding carboxylic acids is 1. The van der Waals surface area contributed by atoms with Gasteiger partial charge in [0.25, 0.3) is 0 Å². The number of rotatable bonds is 8. The van der Waals surface area contributed by atoms with Crippen LogP contribution in [0.1, 0.15) is 24.3 Å². The van der Waals surface area contributed by atoms with Crippen LogP contribution < -0.4 is 5.32 Å². The fraction of sp³-hybridized carbons (Fsp3) is 0.190. The van der Waals surface area contributed by atoms with Crippen LogP contribution in [-0.2, 0) is 17.8 Å². The number of amides is 1. The minimum Gasteiger partial charge on any atom is -0.339 e. The third kappa shape index (κ3) is 5.30. The van der Waals surface area contributed by atoms with Crippen LogP contribution in [0.2, 0.25) is 5.02 Å². The van der Waals surface area contributed by atoms with Gasteiger partial charge in [-0.15, -0.1) is 0 Å². The van der Waals surface area contributed by atoms with Crippen molar-refractivity contribution in [3.05, 3.63) is 77.7 Å². The summed E-state index contributed by atoms with van der Waals surface area (Å²) >= 11 is 5.89. The quantitative estimate of drug-likeness (QED) is 0.461. The molecule has 152 valence electrons. The van der Waals surface area contributed by atoms with Gasteiger partial charge in [-0.3, -0.25) is 4.79 Å². The number of halogens is 1. The third-order valence-corrected chi connectivity index (χ3v) is 4.64. The summed E-state index contributed by atoms with van der Waals surface area (Å²) in [6.07, 6.45) is 4.63. The van der Waals surface area contributed by atoms with E-state index in [2.05, 4.69) is 25.5 Å². The molecule has 4 aromatic rings. The average Bonchev–Trinajstić information content (AvgIpc) is 3.41. The first-order valence-corrected chi connectivity index (χ1v) is 9.83. The van der Waals surface area contributed by atoms with Crippen molar-refractivity contribution < 1.29 is 9.32 Å². The SMILES string of the molecule is O=C(CCCc1nc(-c2ccc(Cl)cc2)no1)Nc1cccc(Cn2cncn2)c1. The normalized spacial score (nSPS) is 10.8. The Labute approximate surface area is 177 Å². The molecule has 9 heteroatoms. The Morgan fingerprint density at radius 1 is 1.17 bits per heavy atom. The lowest BCUT2D eigenvalue weighted by Gasteiger charge is -2.07. The molecular formula is C21H19ClN6O2. The Balaban J connectivity index is 1.26. The predicted molar refractivity (Wildman–Crippen MR) is 112 cm³/mol. The molecule has 0 atom stereocenters. The first-order valence-electron chi connectivity index (χ1n) is 9.45. The second-order valence-corrected chi connectivity index (χ2v) is 7.15. The summed E-state index contributed by atoms with van der Waals surface area (Å²) in [5.74, 6) is 0.947. The van der Waals surface area contributed by atoms with Gasteiger partial charge in [0, 0.05) is 29.1 Å². The molecule has 8 nitrogen and oxygen atoms in total. The molecule has 0 aliphatic heterocycles. The third-order valence-electron chi connectivity index (χ3n) is 4.39. The van der Waals surface area contributed by atoms with E-state index in [1.807, 2.05) is 36.4 Å². The van der Waals surface area contributed by atoms with E-state index in [1.165, 1.54) is 6.33 Å². The molecule has 0 bridgehead atoms. The predicted octanol–water partition coefficient (Wildman–Crippen LogP) is 3.99. The average molecular weight is 423 g/mol. The van der Waals surface area contributed by atoms with Crippen LogP contribution in [0.3, 0.4) is 0 Å². The Morgan fingerprint density at radius 3 is 2.83 bits per heavy atom. The lowest BCUT2D eigenvalue weighted by Crippen LogP contribution is -2.12. The number of nitrogens with zero attached hydrogens (tertiary/aromatic N) is 5. The summed E-state index contributed by atoms with van der Waals surface area (Å²) in [5.41, 5.74) is 2.61. The van der Waals surface area contributed by atoms with Gasteiger partial charge in [0.2, 0.25) is 17.6 Å². The molecule has 0 fully saturated rings. The van der Waals surface area contributed by atoms with E-state index >= 15 is 0 Å². The van der Waals surface area contributed by atoms with Crippen molar-refractivity contribution in [1.29, 1.82) is 0 Å². The van der Waals surface area contributed by atoms with Gasteiger partial charge in [-0.25, -0.2) is 9.67 Å². The van der Waals surface area contributed by atoms with Crippen LogP contribution in [0, 0.1) is 0 Å². The first-order chi connectivity index (χ1) is 14.7. The molecule has 2 heterocycles. The summed E-state index contributed by atoms with van der Waals surface area (Å²) < 4.78 is 7.00. The standard InChI is InChI=1S/C21H19ClN6O2/c22-17-9-7-16(8-10-17)21-26-20(30-27-21)6-2-5-19(29)25-18-4-1-3-15(11-18)12-28-14-23-13-24-28/h1,3-4,7-11,13-14H,2,5-6,12H2,(H,25,29). The van der Waals surface area contributed by atoms with Crippen LogP contribution in [0.25, 0.3) is 11.4 Å². The van der Waals surface area contributed by atoms with E-state index in [0.29, 0.717) is 42.5 Å². The monoisotopic (exact) mass is 422 g/mol. The summed E-state index contributed by atoms with van der Waals surface area (Å²) in [7, 11) is 0. The van der Waals surface area contributed by atoms with Crippen LogP contribution >= 0.6 is 11.6 Å². The molecule has 30 heavy (non-hydrogen) atoms. The largest absolute Gasteiger partial charge is 0.339 e. The second kappa shape index (κ2) is 9.32. The highest BCUT2D eigenvalue weighted by Crippen LogP contribution is 2.19. The zero-order chi connectivity index (χ0) is 20.8. The van der Waals surface area contributed by atoms with E-state index in [1.54, 1.807) is 23.1 Å². The zero-order valence-electron chi connectivity index (χ0n) is 16.0. The van der Waals surface area contributed by atoms with Crippen molar-refractivity contribution in [2.45, 2.75) is 25.8 Å². The summed E-state index contributed by atoms with van der Waals surface area (Å²) in [6, 6.07) is 14.9. The van der Waals surface area contributed by atoms with Gasteiger partial charge in [0.1, 0.15) is 12.7 Å². The van der Waals surface area contributed by atoms with Crippen molar-refractivity contribution in [1.82, 2.24) is 24.9 Å². The molecule has 2 aromatic carbocycles. The fourth-order valence-corrected chi connectivity index (χ4v) is 3.07. The van der Waals surface area contributed by atoms with Crippen molar-refractivity contribution in [2.75, 3.05) is 5.32 Å². The molecule has 1 amide bonds. The van der Waals surface area contributed by atoms with E-state index in [-0.39, 0.29) is 5.91 Å². The van der Waals surface area contributed by atoms with Gasteiger partial charge in [-0.1, -0.05) is 28.9 Å². The summed E-state index contributed by atoms with van der Waals surface area (Å²) in [6.45, 7) is 0.594. The highest BCUT2D eigenvalue weighted by Gasteiger charge is 2.10. The highest BCUT2D eigenvalue weighted by atomic mass is 35.5. The maximum atomic E-state index is 12.3. The number of carbonyl (C=O) groups is 1. The van der Waals surface area contributed by atoms with Crippen molar-refractivity contribution >= 4 is 23.2 Å². The van der Waals surface area contributed by atoms with Gasteiger partial charge in [-0.2, -0.15) is 10.1 Å². The molecule has 0 aliphatic rings. The maximum absolute atomic E-state index is 12.3. The van der Waals surface area contributed by atoms with E-state index < -0.39 is 0 Å². The van der Waals surface area contributed by atoms with Gasteiger partial charge in [-0.05, 0) is 48.4 Å². The molecule has 0 saturated heterocycles. The Kier molecular flexibility index (Phi) is 6.14. The fourth-order valence-electron chi connectivity index (χ4n) is 2.95. The Morgan fingerprint density at radius 2 is 2.03 bits per heavy atom. The minimum atomic E-state index is -0.0645. The second-order valence-electron chi connectivity index (χ2n) is 6.71. The number of anilines is 1. The zero-order valence-corrected chi connectivity index (χ0v) is 16.8. The molecule has 0 unspecified atom stereocenters. The maximum Gasteiger partial charge on any atom is 0.226 e. The number of hydrogen-bond donors (Lipinski definition) is 1. The molecule has 2 aromatic heterocycles. The van der Waals surface area contributed by atoms with Crippen molar-refractivity contribution in [3.8, 4) is 11.4 Å². The molecule has 0 aliphatic carbocycles. The number of aryl methyl sites for hydroxylation is 1. The highest BCUT2D eigenvalue weighted by molar-refractivity contribution is 6.30. The lowest BCUT2D eigenvalue weighted by atomic mass is 10.2. The van der Waals surface area contributed by atoms with Gasteiger partial charge in [0.05, 0.1) is 6.54 Å². The molecule has 1 N–H and O–H groups in total. The Hall–Kier alpha value is -3.52. The topological polar surface area (TPSA) is 98.7 Å². The number of nitrogens with one attached hydrogen (secondary N) is 1. The smallest absolute Gasteiger partial charge is 0.226 e. The molecule has 0 saturated carbocycles. The Bertz CT molecular complexity index is 1110. The van der Waals surface area contributed by atoms with Gasteiger partial charge < -0.3 is 9.84 Å². The van der Waals surface area contributed by atoms with E-state index in [0.717, 1.165) is 16.8 Å². The van der Waals surface area contributed by atoms with Crippen LogP contribution in [0.4, 0.5) is 5.69 Å². The molecule has 0 radical (unpaired) electrons. The van der Waals surface area contributed by atoms with Crippen molar-refractivity contribution in [3.63, 3.8) is 0 Å². The van der Waals surface area contributed by atoms with Crippen LogP contribution in [0.15, 0.2) is 65.7 Å².